The van der Waals surface area contributed by atoms with Crippen LogP contribution in [0.25, 0.3) is 0 Å². The van der Waals surface area contributed by atoms with E-state index in [2.05, 4.69) is 34.6 Å². The monoisotopic (exact) mass is 322 g/mol. The van der Waals surface area contributed by atoms with Crippen molar-refractivity contribution in [1.82, 2.24) is 0 Å². The highest BCUT2D eigenvalue weighted by Gasteiger charge is 2.29. The Morgan fingerprint density at radius 2 is 1.61 bits per heavy atom. The minimum absolute atomic E-state index is 0.0420. The van der Waals surface area contributed by atoms with Gasteiger partial charge in [0.05, 0.1) is 24.4 Å². The van der Waals surface area contributed by atoms with Gasteiger partial charge in [0, 0.05) is 12.2 Å². The van der Waals surface area contributed by atoms with Crippen LogP contribution < -0.4 is 0 Å². The molecule has 130 valence electrons. The summed E-state index contributed by atoms with van der Waals surface area (Å²) in [6.45, 7) is 12.1. The van der Waals surface area contributed by atoms with Gasteiger partial charge in [-0.05, 0) is 41.0 Å². The molecule has 23 heavy (non-hydrogen) atoms. The van der Waals surface area contributed by atoms with Crippen LogP contribution in [0.2, 0.25) is 0 Å². The van der Waals surface area contributed by atoms with Crippen molar-refractivity contribution in [3.63, 3.8) is 0 Å². The van der Waals surface area contributed by atoms with Gasteiger partial charge in [-0.2, -0.15) is 0 Å². The van der Waals surface area contributed by atoms with E-state index < -0.39 is 0 Å². The van der Waals surface area contributed by atoms with Gasteiger partial charge in [-0.3, -0.25) is 0 Å². The molecule has 1 aromatic rings. The van der Waals surface area contributed by atoms with Crippen LogP contribution in [0, 0.1) is 0 Å². The molecule has 1 fully saturated rings. The Bertz CT molecular complexity index is 456. The maximum atomic E-state index is 6.15. The number of ether oxygens (including phenoxy) is 4. The minimum atomic E-state index is -0.289. The van der Waals surface area contributed by atoms with E-state index in [1.165, 1.54) is 0 Å². The lowest BCUT2D eigenvalue weighted by Crippen LogP contribution is -2.40. The summed E-state index contributed by atoms with van der Waals surface area (Å²) in [6, 6.07) is 9.99. The molecule has 0 saturated carbocycles. The van der Waals surface area contributed by atoms with Crippen LogP contribution in [0.5, 0.6) is 0 Å². The molecule has 0 aromatic heterocycles. The molecule has 1 aliphatic rings. The van der Waals surface area contributed by atoms with E-state index in [1.807, 2.05) is 30.3 Å². The summed E-state index contributed by atoms with van der Waals surface area (Å²) in [4.78, 5) is 0. The molecule has 0 amide bonds. The predicted molar refractivity (Wildman–Crippen MR) is 90.4 cm³/mol. The molecular weight excluding hydrogens is 292 g/mol. The maximum Gasteiger partial charge on any atom is 0.184 e. The van der Waals surface area contributed by atoms with Gasteiger partial charge in [-0.1, -0.05) is 30.3 Å². The SMILES string of the molecule is CC(C)(C)OCCC(C)(C)OC1COC(c2ccccc2)OC1. The number of hydrogen-bond donors (Lipinski definition) is 0. The normalized spacial score (nSPS) is 23.0. The van der Waals surface area contributed by atoms with Crippen molar-refractivity contribution in [2.24, 2.45) is 0 Å². The third-order valence-corrected chi connectivity index (χ3v) is 3.66. The van der Waals surface area contributed by atoms with Gasteiger partial charge >= 0.3 is 0 Å². The molecule has 0 atom stereocenters. The zero-order valence-electron chi connectivity index (χ0n) is 15.0. The van der Waals surface area contributed by atoms with Crippen molar-refractivity contribution >= 4 is 0 Å². The second-order valence-corrected chi connectivity index (χ2v) is 7.62. The molecule has 0 radical (unpaired) electrons. The van der Waals surface area contributed by atoms with E-state index in [0.717, 1.165) is 12.0 Å². The predicted octanol–water partition coefficient (Wildman–Crippen LogP) is 4.10. The van der Waals surface area contributed by atoms with E-state index in [1.54, 1.807) is 0 Å². The first-order valence-corrected chi connectivity index (χ1v) is 8.35. The Morgan fingerprint density at radius 3 is 2.17 bits per heavy atom. The third-order valence-electron chi connectivity index (χ3n) is 3.66. The third kappa shape index (κ3) is 6.60. The van der Waals surface area contributed by atoms with Crippen LogP contribution in [0.4, 0.5) is 0 Å². The fourth-order valence-corrected chi connectivity index (χ4v) is 2.47. The lowest BCUT2D eigenvalue weighted by molar-refractivity contribution is -0.250. The van der Waals surface area contributed by atoms with Crippen LogP contribution in [0.1, 0.15) is 52.9 Å². The lowest BCUT2D eigenvalue weighted by atomic mass is 10.0. The molecule has 2 rings (SSSR count). The molecule has 1 heterocycles. The first kappa shape index (κ1) is 18.4. The zero-order chi connectivity index (χ0) is 16.9. The topological polar surface area (TPSA) is 36.9 Å². The summed E-state index contributed by atoms with van der Waals surface area (Å²) >= 11 is 0. The Balaban J connectivity index is 1.74. The van der Waals surface area contributed by atoms with Gasteiger partial charge in [-0.15, -0.1) is 0 Å². The summed E-state index contributed by atoms with van der Waals surface area (Å²) in [5, 5.41) is 0. The number of benzene rings is 1. The Labute approximate surface area is 140 Å². The van der Waals surface area contributed by atoms with E-state index in [-0.39, 0.29) is 23.6 Å². The first-order valence-electron chi connectivity index (χ1n) is 8.35. The van der Waals surface area contributed by atoms with Gasteiger partial charge in [0.1, 0.15) is 6.10 Å². The van der Waals surface area contributed by atoms with Gasteiger partial charge < -0.3 is 18.9 Å². The highest BCUT2D eigenvalue weighted by atomic mass is 16.7. The van der Waals surface area contributed by atoms with Crippen LogP contribution in [-0.4, -0.2) is 37.1 Å². The summed E-state index contributed by atoms with van der Waals surface area (Å²) < 4.78 is 23.5. The molecule has 4 nitrogen and oxygen atoms in total. The lowest BCUT2D eigenvalue weighted by Gasteiger charge is -2.36. The molecule has 0 N–H and O–H groups in total. The van der Waals surface area contributed by atoms with Crippen molar-refractivity contribution < 1.29 is 18.9 Å². The van der Waals surface area contributed by atoms with Crippen molar-refractivity contribution in [1.29, 1.82) is 0 Å². The van der Waals surface area contributed by atoms with Gasteiger partial charge in [0.2, 0.25) is 0 Å². The average Bonchev–Trinajstić information content (AvgIpc) is 2.47. The van der Waals surface area contributed by atoms with Crippen molar-refractivity contribution in [2.75, 3.05) is 19.8 Å². The minimum Gasteiger partial charge on any atom is -0.376 e. The Hall–Kier alpha value is -0.940. The highest BCUT2D eigenvalue weighted by Crippen LogP contribution is 2.26. The molecule has 0 unspecified atom stereocenters. The van der Waals surface area contributed by atoms with Crippen LogP contribution in [0.15, 0.2) is 30.3 Å². The van der Waals surface area contributed by atoms with E-state index in [4.69, 9.17) is 18.9 Å². The van der Waals surface area contributed by atoms with Gasteiger partial charge in [-0.25, -0.2) is 0 Å². The molecule has 1 saturated heterocycles. The zero-order valence-corrected chi connectivity index (χ0v) is 15.0. The Kier molecular flexibility index (Phi) is 6.20. The molecular formula is C19H30O4. The van der Waals surface area contributed by atoms with E-state index in [0.29, 0.717) is 19.8 Å². The largest absolute Gasteiger partial charge is 0.376 e. The van der Waals surface area contributed by atoms with Crippen molar-refractivity contribution in [3.8, 4) is 0 Å². The quantitative estimate of drug-likeness (QED) is 0.790. The fraction of sp³-hybridized carbons (Fsp3) is 0.684. The molecule has 1 aromatic carbocycles. The molecule has 0 spiro atoms. The molecule has 0 bridgehead atoms. The fourth-order valence-electron chi connectivity index (χ4n) is 2.47. The van der Waals surface area contributed by atoms with Crippen molar-refractivity contribution in [2.45, 2.75) is 64.6 Å². The highest BCUT2D eigenvalue weighted by molar-refractivity contribution is 5.16. The number of rotatable bonds is 6. The average molecular weight is 322 g/mol. The Morgan fingerprint density at radius 1 is 1.00 bits per heavy atom. The van der Waals surface area contributed by atoms with Gasteiger partial charge in [0.25, 0.3) is 0 Å². The molecule has 4 heteroatoms. The second kappa shape index (κ2) is 7.75. The maximum absolute atomic E-state index is 6.15. The summed E-state index contributed by atoms with van der Waals surface area (Å²) in [7, 11) is 0. The van der Waals surface area contributed by atoms with E-state index in [9.17, 15) is 0 Å². The molecule has 0 aliphatic carbocycles. The summed E-state index contributed by atoms with van der Waals surface area (Å²) in [6.07, 6.45) is 0.506. The van der Waals surface area contributed by atoms with Crippen molar-refractivity contribution in [3.05, 3.63) is 35.9 Å². The summed E-state index contributed by atoms with van der Waals surface area (Å²) in [5.74, 6) is 0. The standard InChI is InChI=1S/C19H30O4/c1-18(2,3)22-12-11-19(4,5)23-16-13-20-17(21-14-16)15-9-7-6-8-10-15/h6-10,16-17H,11-14H2,1-5H3. The molecule has 1 aliphatic heterocycles. The summed E-state index contributed by atoms with van der Waals surface area (Å²) in [5.41, 5.74) is 0.668. The van der Waals surface area contributed by atoms with E-state index >= 15 is 0 Å². The van der Waals surface area contributed by atoms with Crippen LogP contribution in [0.3, 0.4) is 0 Å². The smallest absolute Gasteiger partial charge is 0.184 e. The van der Waals surface area contributed by atoms with Gasteiger partial charge in [0.15, 0.2) is 6.29 Å². The second-order valence-electron chi connectivity index (χ2n) is 7.62. The first-order chi connectivity index (χ1) is 10.8. The van der Waals surface area contributed by atoms with Crippen LogP contribution in [-0.2, 0) is 18.9 Å². The van der Waals surface area contributed by atoms with Crippen LogP contribution >= 0.6 is 0 Å². The number of hydrogen-bond acceptors (Lipinski definition) is 4.